The van der Waals surface area contributed by atoms with Crippen molar-refractivity contribution in [2.75, 3.05) is 11.9 Å². The monoisotopic (exact) mass is 290 g/mol. The Morgan fingerprint density at radius 2 is 2.05 bits per heavy atom. The average Bonchev–Trinajstić information content (AvgIpc) is 2.31. The minimum Gasteiger partial charge on any atom is -0.393 e. The number of aliphatic hydroxyl groups is 1. The van der Waals surface area contributed by atoms with Crippen LogP contribution in [0.25, 0.3) is 0 Å². The van der Waals surface area contributed by atoms with Crippen LogP contribution in [0.15, 0.2) is 18.2 Å². The minimum absolute atomic E-state index is 0.126. The summed E-state index contributed by atoms with van der Waals surface area (Å²) in [6.45, 7) is 0.304. The van der Waals surface area contributed by atoms with Crippen LogP contribution in [-0.4, -0.2) is 22.7 Å². The second kappa shape index (κ2) is 5.28. The third-order valence-corrected chi connectivity index (χ3v) is 3.31. The largest absolute Gasteiger partial charge is 0.418 e. The van der Waals surface area contributed by atoms with Gasteiger partial charge in [0.05, 0.1) is 16.6 Å². The molecule has 0 heterocycles. The number of nitrogens with zero attached hydrogens (tertiary/aromatic N) is 1. The number of nitro groups is 1. The average molecular weight is 290 g/mol. The van der Waals surface area contributed by atoms with Crippen LogP contribution in [-0.2, 0) is 6.18 Å². The van der Waals surface area contributed by atoms with Gasteiger partial charge in [-0.2, -0.15) is 13.2 Å². The predicted octanol–water partition coefficient (Wildman–Crippen LogP) is 2.80. The van der Waals surface area contributed by atoms with Crippen LogP contribution < -0.4 is 5.32 Å². The Morgan fingerprint density at radius 3 is 2.55 bits per heavy atom. The summed E-state index contributed by atoms with van der Waals surface area (Å²) < 4.78 is 38.6. The van der Waals surface area contributed by atoms with Crippen molar-refractivity contribution in [2.45, 2.75) is 25.1 Å². The molecule has 1 saturated carbocycles. The lowest BCUT2D eigenvalue weighted by molar-refractivity contribution is -0.385. The van der Waals surface area contributed by atoms with Crippen molar-refractivity contribution < 1.29 is 23.2 Å². The van der Waals surface area contributed by atoms with Gasteiger partial charge in [0, 0.05) is 24.4 Å². The van der Waals surface area contributed by atoms with E-state index in [2.05, 4.69) is 5.32 Å². The molecule has 1 fully saturated rings. The molecule has 1 aliphatic rings. The number of rotatable bonds is 4. The summed E-state index contributed by atoms with van der Waals surface area (Å²) in [6, 6.07) is 2.63. The number of benzene rings is 1. The van der Waals surface area contributed by atoms with Crippen LogP contribution in [0.3, 0.4) is 0 Å². The highest BCUT2D eigenvalue weighted by atomic mass is 19.4. The van der Waals surface area contributed by atoms with Crippen molar-refractivity contribution in [3.63, 3.8) is 0 Å². The Balaban J connectivity index is 2.16. The van der Waals surface area contributed by atoms with Crippen molar-refractivity contribution in [3.8, 4) is 0 Å². The molecule has 1 aromatic rings. The van der Waals surface area contributed by atoms with E-state index in [-0.39, 0.29) is 17.7 Å². The van der Waals surface area contributed by atoms with Gasteiger partial charge >= 0.3 is 6.18 Å². The van der Waals surface area contributed by atoms with Crippen LogP contribution in [0.2, 0.25) is 0 Å². The first-order valence-electron chi connectivity index (χ1n) is 6.05. The van der Waals surface area contributed by atoms with Crippen LogP contribution in [0.4, 0.5) is 24.5 Å². The van der Waals surface area contributed by atoms with Gasteiger partial charge in [0.15, 0.2) is 0 Å². The minimum atomic E-state index is -4.66. The lowest BCUT2D eigenvalue weighted by atomic mass is 9.82. The predicted molar refractivity (Wildman–Crippen MR) is 65.3 cm³/mol. The Morgan fingerprint density at radius 1 is 1.40 bits per heavy atom. The van der Waals surface area contributed by atoms with Crippen LogP contribution in [0, 0.1) is 16.0 Å². The molecule has 0 aromatic heterocycles. The van der Waals surface area contributed by atoms with E-state index < -0.39 is 22.4 Å². The fourth-order valence-corrected chi connectivity index (χ4v) is 2.16. The maximum Gasteiger partial charge on any atom is 0.418 e. The van der Waals surface area contributed by atoms with E-state index >= 15 is 0 Å². The Hall–Kier alpha value is -1.83. The van der Waals surface area contributed by atoms with E-state index in [1.54, 1.807) is 0 Å². The van der Waals surface area contributed by atoms with Crippen molar-refractivity contribution in [3.05, 3.63) is 33.9 Å². The molecule has 0 aliphatic heterocycles. The third kappa shape index (κ3) is 3.19. The molecule has 5 nitrogen and oxygen atoms in total. The Bertz CT molecular complexity index is 513. The van der Waals surface area contributed by atoms with Gasteiger partial charge in [-0.05, 0) is 24.8 Å². The normalized spacial score (nSPS) is 22.2. The molecule has 0 radical (unpaired) electrons. The van der Waals surface area contributed by atoms with E-state index in [1.807, 2.05) is 0 Å². The molecule has 110 valence electrons. The topological polar surface area (TPSA) is 75.4 Å². The molecule has 2 N–H and O–H groups in total. The van der Waals surface area contributed by atoms with Gasteiger partial charge in [0.1, 0.15) is 0 Å². The van der Waals surface area contributed by atoms with E-state index in [0.29, 0.717) is 25.5 Å². The summed E-state index contributed by atoms with van der Waals surface area (Å²) in [5.41, 5.74) is -1.82. The summed E-state index contributed by atoms with van der Waals surface area (Å²) in [7, 11) is 0. The summed E-state index contributed by atoms with van der Waals surface area (Å²) in [5, 5.41) is 22.3. The first-order chi connectivity index (χ1) is 9.27. The number of nitro benzene ring substituents is 1. The smallest absolute Gasteiger partial charge is 0.393 e. The molecule has 2 rings (SSSR count). The number of non-ortho nitro benzene ring substituents is 1. The molecule has 1 aliphatic carbocycles. The third-order valence-electron chi connectivity index (χ3n) is 3.31. The second-order valence-corrected chi connectivity index (χ2v) is 4.86. The van der Waals surface area contributed by atoms with E-state index in [9.17, 15) is 23.3 Å². The van der Waals surface area contributed by atoms with Gasteiger partial charge in [-0.3, -0.25) is 10.1 Å². The highest BCUT2D eigenvalue weighted by molar-refractivity contribution is 5.57. The van der Waals surface area contributed by atoms with Gasteiger partial charge in [0.25, 0.3) is 5.69 Å². The van der Waals surface area contributed by atoms with Gasteiger partial charge < -0.3 is 10.4 Å². The van der Waals surface area contributed by atoms with Gasteiger partial charge in [0.2, 0.25) is 0 Å². The molecule has 0 bridgehead atoms. The van der Waals surface area contributed by atoms with Crippen LogP contribution in [0.5, 0.6) is 0 Å². The molecule has 0 unspecified atom stereocenters. The summed E-state index contributed by atoms with van der Waals surface area (Å²) in [4.78, 5) is 9.68. The van der Waals surface area contributed by atoms with Gasteiger partial charge in [-0.15, -0.1) is 0 Å². The van der Waals surface area contributed by atoms with Crippen molar-refractivity contribution >= 4 is 11.4 Å². The molecule has 20 heavy (non-hydrogen) atoms. The number of anilines is 1. The number of aliphatic hydroxyl groups excluding tert-OH is 1. The number of nitrogens with one attached hydrogen (secondary N) is 1. The molecule has 0 saturated heterocycles. The molecular formula is C12H13F3N2O3. The lowest BCUT2D eigenvalue weighted by Crippen LogP contribution is -2.33. The van der Waals surface area contributed by atoms with Crippen molar-refractivity contribution in [2.24, 2.45) is 5.92 Å². The molecular weight excluding hydrogens is 277 g/mol. The molecule has 0 spiro atoms. The standard InChI is InChI=1S/C12H13F3N2O3/c13-12(14,15)10-5-8(17(19)20)1-2-11(10)16-6-7-3-9(18)4-7/h1-2,5,7,9,16,18H,3-4,6H2. The van der Waals surface area contributed by atoms with E-state index in [4.69, 9.17) is 5.11 Å². The molecule has 0 amide bonds. The number of hydrogen-bond donors (Lipinski definition) is 2. The fourth-order valence-electron chi connectivity index (χ4n) is 2.16. The maximum atomic E-state index is 12.9. The quantitative estimate of drug-likeness (QED) is 0.660. The fraction of sp³-hybridized carbons (Fsp3) is 0.500. The summed E-state index contributed by atoms with van der Waals surface area (Å²) in [5.74, 6) is 0.126. The Labute approximate surface area is 112 Å². The van der Waals surface area contributed by atoms with Crippen LogP contribution in [0.1, 0.15) is 18.4 Å². The molecule has 8 heteroatoms. The van der Waals surface area contributed by atoms with Crippen LogP contribution >= 0.6 is 0 Å². The molecule has 0 atom stereocenters. The van der Waals surface area contributed by atoms with Crippen molar-refractivity contribution in [1.29, 1.82) is 0 Å². The Kier molecular flexibility index (Phi) is 3.85. The number of halogens is 3. The van der Waals surface area contributed by atoms with Crippen molar-refractivity contribution in [1.82, 2.24) is 0 Å². The highest BCUT2D eigenvalue weighted by Gasteiger charge is 2.35. The zero-order valence-electron chi connectivity index (χ0n) is 10.4. The zero-order chi connectivity index (χ0) is 14.9. The summed E-state index contributed by atoms with van der Waals surface area (Å²) >= 11 is 0. The first-order valence-corrected chi connectivity index (χ1v) is 6.05. The number of alkyl halides is 3. The van der Waals surface area contributed by atoms with Gasteiger partial charge in [-0.1, -0.05) is 0 Å². The lowest BCUT2D eigenvalue weighted by Gasteiger charge is -2.32. The zero-order valence-corrected chi connectivity index (χ0v) is 10.4. The maximum absolute atomic E-state index is 12.9. The number of hydrogen-bond acceptors (Lipinski definition) is 4. The molecule has 1 aromatic carbocycles. The SMILES string of the molecule is O=[N+]([O-])c1ccc(NCC2CC(O)C2)c(C(F)(F)F)c1. The van der Waals surface area contributed by atoms with Gasteiger partial charge in [-0.25, -0.2) is 0 Å². The van der Waals surface area contributed by atoms with E-state index in [0.717, 1.165) is 12.1 Å². The second-order valence-electron chi connectivity index (χ2n) is 4.86. The summed E-state index contributed by atoms with van der Waals surface area (Å²) in [6.07, 6.45) is -3.92. The highest BCUT2D eigenvalue weighted by Crippen LogP contribution is 2.37. The van der Waals surface area contributed by atoms with E-state index in [1.165, 1.54) is 0 Å². The first kappa shape index (κ1) is 14.6.